The lowest BCUT2D eigenvalue weighted by atomic mass is 10.1. The summed E-state index contributed by atoms with van der Waals surface area (Å²) in [5.41, 5.74) is 4.47. The molecule has 0 N–H and O–H groups in total. The first-order chi connectivity index (χ1) is 13.0. The summed E-state index contributed by atoms with van der Waals surface area (Å²) in [7, 11) is 2.01. The topological polar surface area (TPSA) is 57.2 Å². The van der Waals surface area contributed by atoms with Gasteiger partial charge in [0.1, 0.15) is 6.17 Å². The molecule has 0 radical (unpaired) electrons. The van der Waals surface area contributed by atoms with Crippen LogP contribution in [0.3, 0.4) is 0 Å². The van der Waals surface area contributed by atoms with E-state index in [9.17, 15) is 0 Å². The molecule has 0 saturated heterocycles. The van der Waals surface area contributed by atoms with Crippen LogP contribution in [0.5, 0.6) is 0 Å². The van der Waals surface area contributed by atoms with Crippen LogP contribution in [0.4, 0.5) is 5.69 Å². The van der Waals surface area contributed by atoms with E-state index in [4.69, 9.17) is 4.42 Å². The van der Waals surface area contributed by atoms with Crippen molar-refractivity contribution in [3.05, 3.63) is 47.2 Å². The number of pyridine rings is 1. The number of aromatic nitrogens is 1. The maximum atomic E-state index is 6.23. The summed E-state index contributed by atoms with van der Waals surface area (Å²) in [5, 5.41) is 2.06. The van der Waals surface area contributed by atoms with E-state index in [1.54, 1.807) is 6.21 Å². The number of anilines is 1. The molecule has 1 aliphatic heterocycles. The average molecular weight is 361 g/mol. The van der Waals surface area contributed by atoms with E-state index >= 15 is 0 Å². The van der Waals surface area contributed by atoms with Crippen molar-refractivity contribution in [2.45, 2.75) is 33.9 Å². The standard InChI is InChI=1S/C21H23N5O/c1-7-23-20-19(22-5)26(14(4)25(20)6)17-12(2)8-10-15-16-11-9-13(3)24-21(16)27-18(15)17/h7-11,14H,5H2,1-4,6H3/b23-7-/t14-/m0/s1. The van der Waals surface area contributed by atoms with Gasteiger partial charge in [0.15, 0.2) is 17.2 Å². The van der Waals surface area contributed by atoms with Crippen molar-refractivity contribution in [1.82, 2.24) is 9.88 Å². The molecule has 3 aromatic rings. The SMILES string of the molecule is C=NC1=C(/N=C\C)N(C)[C@H](C)N1c1c(C)ccc2c1oc1nc(C)ccc12. The fourth-order valence-electron chi connectivity index (χ4n) is 3.70. The summed E-state index contributed by atoms with van der Waals surface area (Å²) in [6.07, 6.45) is 1.80. The third-order valence-electron chi connectivity index (χ3n) is 5.16. The average Bonchev–Trinajstić information content (AvgIpc) is 3.11. The molecular formula is C21H23N5O. The molecule has 0 amide bonds. The highest BCUT2D eigenvalue weighted by Crippen LogP contribution is 2.42. The van der Waals surface area contributed by atoms with E-state index in [0.717, 1.165) is 44.9 Å². The molecule has 0 saturated carbocycles. The first-order valence-electron chi connectivity index (χ1n) is 8.99. The number of fused-ring (bicyclic) bond motifs is 3. The Hall–Kier alpha value is -3.15. The molecule has 1 aliphatic rings. The van der Waals surface area contributed by atoms with Crippen LogP contribution in [0, 0.1) is 13.8 Å². The Labute approximate surface area is 158 Å². The van der Waals surface area contributed by atoms with E-state index in [1.807, 2.05) is 27.0 Å². The Morgan fingerprint density at radius 2 is 1.89 bits per heavy atom. The first-order valence-corrected chi connectivity index (χ1v) is 8.99. The molecule has 1 atom stereocenters. The van der Waals surface area contributed by atoms with E-state index in [2.05, 4.69) is 63.5 Å². The van der Waals surface area contributed by atoms with Crippen LogP contribution in [0.25, 0.3) is 22.1 Å². The second-order valence-corrected chi connectivity index (χ2v) is 6.82. The minimum atomic E-state index is 0.0245. The zero-order valence-electron chi connectivity index (χ0n) is 16.3. The van der Waals surface area contributed by atoms with Gasteiger partial charge in [-0.05, 0) is 52.1 Å². The summed E-state index contributed by atoms with van der Waals surface area (Å²) in [6.45, 7) is 11.9. The Balaban J connectivity index is 2.04. The van der Waals surface area contributed by atoms with Gasteiger partial charge in [-0.1, -0.05) is 12.1 Å². The van der Waals surface area contributed by atoms with Gasteiger partial charge in [0.25, 0.3) is 0 Å². The number of rotatable bonds is 3. The van der Waals surface area contributed by atoms with Gasteiger partial charge < -0.3 is 9.32 Å². The Bertz CT molecular complexity index is 1120. The third kappa shape index (κ3) is 2.44. The molecule has 138 valence electrons. The highest BCUT2D eigenvalue weighted by atomic mass is 16.3. The van der Waals surface area contributed by atoms with E-state index in [-0.39, 0.29) is 6.17 Å². The number of hydrogen-bond donors (Lipinski definition) is 0. The Morgan fingerprint density at radius 1 is 1.15 bits per heavy atom. The normalized spacial score (nSPS) is 17.9. The lowest BCUT2D eigenvalue weighted by molar-refractivity contribution is 0.354. The minimum Gasteiger partial charge on any atom is -0.435 e. The second kappa shape index (κ2) is 6.23. The summed E-state index contributed by atoms with van der Waals surface area (Å²) in [5.74, 6) is 1.52. The van der Waals surface area contributed by atoms with Crippen LogP contribution in [0.1, 0.15) is 25.1 Å². The molecule has 0 aliphatic carbocycles. The van der Waals surface area contributed by atoms with Crippen LogP contribution in [0.2, 0.25) is 0 Å². The molecule has 6 nitrogen and oxygen atoms in total. The maximum Gasteiger partial charge on any atom is 0.227 e. The largest absolute Gasteiger partial charge is 0.435 e. The maximum absolute atomic E-state index is 6.23. The van der Waals surface area contributed by atoms with Crippen LogP contribution in [-0.4, -0.2) is 36.0 Å². The molecule has 0 spiro atoms. The smallest absolute Gasteiger partial charge is 0.227 e. The van der Waals surface area contributed by atoms with E-state index < -0.39 is 0 Å². The van der Waals surface area contributed by atoms with Crippen molar-refractivity contribution in [2.24, 2.45) is 9.98 Å². The number of benzene rings is 1. The number of aliphatic imine (C=N–C) groups is 2. The third-order valence-corrected chi connectivity index (χ3v) is 5.16. The number of aryl methyl sites for hydroxylation is 2. The molecule has 6 heteroatoms. The van der Waals surface area contributed by atoms with Gasteiger partial charge in [0.05, 0.1) is 5.69 Å². The summed E-state index contributed by atoms with van der Waals surface area (Å²) >= 11 is 0. The molecule has 0 unspecified atom stereocenters. The fraction of sp³-hybridized carbons (Fsp3) is 0.286. The number of nitrogens with zero attached hydrogens (tertiary/aromatic N) is 5. The van der Waals surface area contributed by atoms with Gasteiger partial charge in [0.2, 0.25) is 5.71 Å². The molecular weight excluding hydrogens is 338 g/mol. The van der Waals surface area contributed by atoms with Crippen molar-refractivity contribution in [2.75, 3.05) is 11.9 Å². The van der Waals surface area contributed by atoms with Crippen LogP contribution in [-0.2, 0) is 0 Å². The predicted octanol–water partition coefficient (Wildman–Crippen LogP) is 4.61. The van der Waals surface area contributed by atoms with Crippen LogP contribution in [0.15, 0.2) is 50.3 Å². The van der Waals surface area contributed by atoms with Gasteiger partial charge in [0, 0.05) is 29.7 Å². The molecule has 0 fully saturated rings. The zero-order valence-corrected chi connectivity index (χ0v) is 16.3. The second-order valence-electron chi connectivity index (χ2n) is 6.82. The van der Waals surface area contributed by atoms with Crippen molar-refractivity contribution in [3.8, 4) is 0 Å². The molecule has 1 aromatic carbocycles. The Kier molecular flexibility index (Phi) is 3.98. The molecule has 0 bridgehead atoms. The molecule has 27 heavy (non-hydrogen) atoms. The van der Waals surface area contributed by atoms with Crippen LogP contribution >= 0.6 is 0 Å². The van der Waals surface area contributed by atoms with E-state index in [1.165, 1.54) is 0 Å². The lowest BCUT2D eigenvalue weighted by Crippen LogP contribution is -2.36. The Morgan fingerprint density at radius 3 is 2.59 bits per heavy atom. The minimum absolute atomic E-state index is 0.0245. The van der Waals surface area contributed by atoms with Crippen molar-refractivity contribution < 1.29 is 4.42 Å². The van der Waals surface area contributed by atoms with Crippen LogP contribution < -0.4 is 4.90 Å². The van der Waals surface area contributed by atoms with Gasteiger partial charge >= 0.3 is 0 Å². The van der Waals surface area contributed by atoms with Gasteiger partial charge in [-0.15, -0.1) is 0 Å². The summed E-state index contributed by atoms with van der Waals surface area (Å²) in [6, 6.07) is 8.28. The van der Waals surface area contributed by atoms with Crippen molar-refractivity contribution >= 4 is 40.7 Å². The lowest BCUT2D eigenvalue weighted by Gasteiger charge is -2.29. The number of hydrogen-bond acceptors (Lipinski definition) is 6. The zero-order chi connectivity index (χ0) is 19.3. The highest BCUT2D eigenvalue weighted by Gasteiger charge is 2.36. The van der Waals surface area contributed by atoms with Gasteiger partial charge in [-0.2, -0.15) is 0 Å². The summed E-state index contributed by atoms with van der Waals surface area (Å²) < 4.78 is 6.23. The quantitative estimate of drug-likeness (QED) is 0.639. The van der Waals surface area contributed by atoms with Crippen molar-refractivity contribution in [1.29, 1.82) is 0 Å². The predicted molar refractivity (Wildman–Crippen MR) is 111 cm³/mol. The first kappa shape index (κ1) is 17.3. The van der Waals surface area contributed by atoms with E-state index in [0.29, 0.717) is 5.71 Å². The van der Waals surface area contributed by atoms with Gasteiger partial charge in [-0.3, -0.25) is 4.90 Å². The van der Waals surface area contributed by atoms with Crippen molar-refractivity contribution in [3.63, 3.8) is 0 Å². The summed E-state index contributed by atoms with van der Waals surface area (Å²) in [4.78, 5) is 17.6. The molecule has 2 aromatic heterocycles. The van der Waals surface area contributed by atoms with Gasteiger partial charge in [-0.25, -0.2) is 15.0 Å². The highest BCUT2D eigenvalue weighted by molar-refractivity contribution is 6.09. The molecule has 4 rings (SSSR count). The monoisotopic (exact) mass is 361 g/mol. The molecule has 3 heterocycles. The fourth-order valence-corrected chi connectivity index (χ4v) is 3.70. The number of furan rings is 1.